The Hall–Kier alpha value is -4.33. The molecule has 156 valence electrons. The lowest BCUT2D eigenvalue weighted by Crippen LogP contribution is -2.25. The highest BCUT2D eigenvalue weighted by molar-refractivity contribution is 6.04. The van der Waals surface area contributed by atoms with Gasteiger partial charge in [-0.05, 0) is 49.4 Å². The summed E-state index contributed by atoms with van der Waals surface area (Å²) in [6.07, 6.45) is 1.52. The number of carbonyl (C=O) groups is 1. The predicted molar refractivity (Wildman–Crippen MR) is 119 cm³/mol. The van der Waals surface area contributed by atoms with Crippen LogP contribution in [0.4, 0.5) is 11.5 Å². The SMILES string of the molecule is [2H]c1cc(Oc2ccnc(N)c2)ccc1NC(=O)c1c(C)n(C)n(-c2ccccc2)c1=O. The molecule has 0 bridgehead atoms. The van der Waals surface area contributed by atoms with Gasteiger partial charge >= 0.3 is 0 Å². The number of ether oxygens (including phenoxy) is 1. The van der Waals surface area contributed by atoms with Gasteiger partial charge in [-0.2, -0.15) is 0 Å². The Bertz CT molecular complexity index is 1360. The molecule has 2 aromatic heterocycles. The van der Waals surface area contributed by atoms with Crippen LogP contribution < -0.4 is 21.3 Å². The number of nitrogens with one attached hydrogen (secondary N) is 1. The molecule has 2 aromatic carbocycles. The maximum atomic E-state index is 13.0. The number of nitrogens with zero attached hydrogens (tertiary/aromatic N) is 3. The molecule has 31 heavy (non-hydrogen) atoms. The molecular formula is C23H21N5O3. The molecule has 0 aliphatic heterocycles. The van der Waals surface area contributed by atoms with Crippen LogP contribution in [-0.4, -0.2) is 20.3 Å². The maximum Gasteiger partial charge on any atom is 0.284 e. The van der Waals surface area contributed by atoms with Gasteiger partial charge in [-0.25, -0.2) is 9.67 Å². The van der Waals surface area contributed by atoms with Crippen LogP contribution in [0.1, 0.15) is 17.4 Å². The van der Waals surface area contributed by atoms with Gasteiger partial charge in [-0.1, -0.05) is 18.2 Å². The highest BCUT2D eigenvalue weighted by Crippen LogP contribution is 2.24. The number of amides is 1. The molecule has 0 atom stereocenters. The molecule has 1 amide bonds. The summed E-state index contributed by atoms with van der Waals surface area (Å²) in [4.78, 5) is 29.9. The largest absolute Gasteiger partial charge is 0.457 e. The summed E-state index contributed by atoms with van der Waals surface area (Å²) < 4.78 is 17.0. The number of nitrogens with two attached hydrogens (primary N) is 1. The van der Waals surface area contributed by atoms with Gasteiger partial charge < -0.3 is 15.8 Å². The normalized spacial score (nSPS) is 11.1. The van der Waals surface area contributed by atoms with Crippen molar-refractivity contribution in [2.45, 2.75) is 6.92 Å². The van der Waals surface area contributed by atoms with Crippen molar-refractivity contribution in [1.29, 1.82) is 0 Å². The Balaban J connectivity index is 1.59. The molecule has 3 N–H and O–H groups in total. The lowest BCUT2D eigenvalue weighted by atomic mass is 10.2. The first-order valence-electron chi connectivity index (χ1n) is 10.0. The van der Waals surface area contributed by atoms with Crippen molar-refractivity contribution in [3.63, 3.8) is 0 Å². The van der Waals surface area contributed by atoms with Crippen LogP contribution in [0.2, 0.25) is 0 Å². The first kappa shape index (κ1) is 18.7. The molecule has 0 saturated heterocycles. The van der Waals surface area contributed by atoms with E-state index in [-0.39, 0.29) is 17.3 Å². The summed E-state index contributed by atoms with van der Waals surface area (Å²) in [6.45, 7) is 1.70. The van der Waals surface area contributed by atoms with Crippen LogP contribution in [0.3, 0.4) is 0 Å². The molecule has 0 radical (unpaired) electrons. The minimum Gasteiger partial charge on any atom is -0.457 e. The molecule has 0 aliphatic carbocycles. The van der Waals surface area contributed by atoms with E-state index in [1.807, 2.05) is 18.2 Å². The van der Waals surface area contributed by atoms with Gasteiger partial charge in [0, 0.05) is 25.0 Å². The van der Waals surface area contributed by atoms with Gasteiger partial charge in [0.1, 0.15) is 22.9 Å². The fourth-order valence-electron chi connectivity index (χ4n) is 3.19. The summed E-state index contributed by atoms with van der Waals surface area (Å²) in [5.74, 6) is 0.620. The fraction of sp³-hybridized carbons (Fsp3) is 0.0870. The summed E-state index contributed by atoms with van der Waals surface area (Å²) in [5.41, 5.74) is 6.65. The van der Waals surface area contributed by atoms with E-state index in [2.05, 4.69) is 10.3 Å². The summed E-state index contributed by atoms with van der Waals surface area (Å²) >= 11 is 0. The lowest BCUT2D eigenvalue weighted by Gasteiger charge is -2.08. The highest BCUT2D eigenvalue weighted by atomic mass is 16.5. The topological polar surface area (TPSA) is 104 Å². The van der Waals surface area contributed by atoms with Gasteiger partial charge in [0.05, 0.1) is 12.8 Å². The van der Waals surface area contributed by atoms with Crippen molar-refractivity contribution in [3.05, 3.63) is 94.5 Å². The van der Waals surface area contributed by atoms with E-state index < -0.39 is 11.5 Å². The Morgan fingerprint density at radius 3 is 2.61 bits per heavy atom. The third-order valence-electron chi connectivity index (χ3n) is 4.80. The minimum absolute atomic E-state index is 0.0170. The molecule has 2 heterocycles. The maximum absolute atomic E-state index is 13.0. The van der Waals surface area contributed by atoms with Crippen LogP contribution in [0, 0.1) is 6.92 Å². The second kappa shape index (κ2) is 8.19. The van der Waals surface area contributed by atoms with E-state index in [4.69, 9.17) is 11.8 Å². The number of para-hydroxylation sites is 1. The van der Waals surface area contributed by atoms with Gasteiger partial charge in [-0.3, -0.25) is 14.3 Å². The summed E-state index contributed by atoms with van der Waals surface area (Å²) in [6, 6.07) is 16.9. The monoisotopic (exact) mass is 416 g/mol. The van der Waals surface area contributed by atoms with E-state index in [9.17, 15) is 9.59 Å². The fourth-order valence-corrected chi connectivity index (χ4v) is 3.19. The van der Waals surface area contributed by atoms with Gasteiger partial charge in [0.15, 0.2) is 0 Å². The third kappa shape index (κ3) is 4.04. The molecule has 0 fully saturated rings. The molecule has 8 heteroatoms. The number of hydrogen-bond acceptors (Lipinski definition) is 5. The molecule has 0 aliphatic rings. The molecule has 8 nitrogen and oxygen atoms in total. The zero-order valence-corrected chi connectivity index (χ0v) is 17.0. The number of rotatable bonds is 5. The zero-order chi connectivity index (χ0) is 22.8. The van der Waals surface area contributed by atoms with E-state index in [1.165, 1.54) is 16.9 Å². The second-order valence-electron chi connectivity index (χ2n) is 6.85. The zero-order valence-electron chi connectivity index (χ0n) is 18.0. The Morgan fingerprint density at radius 1 is 1.13 bits per heavy atom. The smallest absolute Gasteiger partial charge is 0.284 e. The molecule has 0 spiro atoms. The van der Waals surface area contributed by atoms with Crippen LogP contribution in [0.15, 0.2) is 77.7 Å². The number of nitrogen functional groups attached to an aromatic ring is 1. The second-order valence-corrected chi connectivity index (χ2v) is 6.85. The average Bonchev–Trinajstić information content (AvgIpc) is 2.99. The van der Waals surface area contributed by atoms with E-state index in [0.29, 0.717) is 28.7 Å². The van der Waals surface area contributed by atoms with Gasteiger partial charge in [0.25, 0.3) is 11.5 Å². The number of aromatic nitrogens is 3. The summed E-state index contributed by atoms with van der Waals surface area (Å²) in [5, 5.41) is 2.66. The van der Waals surface area contributed by atoms with E-state index in [1.54, 1.807) is 55.1 Å². The van der Waals surface area contributed by atoms with Crippen molar-refractivity contribution < 1.29 is 10.9 Å². The molecular weight excluding hydrogens is 394 g/mol. The molecule has 4 rings (SSSR count). The van der Waals surface area contributed by atoms with Crippen molar-refractivity contribution >= 4 is 17.4 Å². The van der Waals surface area contributed by atoms with Gasteiger partial charge in [-0.15, -0.1) is 0 Å². The number of benzene rings is 2. The van der Waals surface area contributed by atoms with Crippen LogP contribution in [-0.2, 0) is 7.05 Å². The first-order chi connectivity index (χ1) is 15.3. The van der Waals surface area contributed by atoms with E-state index in [0.717, 1.165) is 0 Å². The van der Waals surface area contributed by atoms with Crippen molar-refractivity contribution in [3.8, 4) is 17.2 Å². The van der Waals surface area contributed by atoms with Crippen LogP contribution in [0.25, 0.3) is 5.69 Å². The van der Waals surface area contributed by atoms with Gasteiger partial charge in [0.2, 0.25) is 0 Å². The van der Waals surface area contributed by atoms with Crippen LogP contribution in [0.5, 0.6) is 11.5 Å². The first-order valence-corrected chi connectivity index (χ1v) is 9.50. The summed E-state index contributed by atoms with van der Waals surface area (Å²) in [7, 11) is 1.72. The molecule has 0 unspecified atom stereocenters. The van der Waals surface area contributed by atoms with Crippen molar-refractivity contribution in [2.75, 3.05) is 11.1 Å². The lowest BCUT2D eigenvalue weighted by molar-refractivity contribution is 0.102. The number of pyridine rings is 1. The predicted octanol–water partition coefficient (Wildman–Crippen LogP) is 3.51. The Labute approximate surface area is 179 Å². The quantitative estimate of drug-likeness (QED) is 0.518. The minimum atomic E-state index is -0.582. The number of anilines is 2. The molecule has 4 aromatic rings. The molecule has 0 saturated carbocycles. The highest BCUT2D eigenvalue weighted by Gasteiger charge is 2.22. The van der Waals surface area contributed by atoms with Crippen LogP contribution >= 0.6 is 0 Å². The van der Waals surface area contributed by atoms with E-state index >= 15 is 0 Å². The van der Waals surface area contributed by atoms with Crippen molar-refractivity contribution in [1.82, 2.24) is 14.3 Å². The third-order valence-corrected chi connectivity index (χ3v) is 4.80. The Morgan fingerprint density at radius 2 is 1.90 bits per heavy atom. The Kier molecular flexibility index (Phi) is 4.94. The average molecular weight is 416 g/mol. The standard InChI is InChI=1S/C23H21N5O3/c1-15-21(23(30)28(27(15)2)17-6-4-3-5-7-17)22(29)26-16-8-10-18(11-9-16)31-19-12-13-25-20(24)14-19/h3-14H,1-2H3,(H2,24,25)(H,26,29)/i8D. The number of hydrogen-bond donors (Lipinski definition) is 2. The van der Waals surface area contributed by atoms with Crippen molar-refractivity contribution in [2.24, 2.45) is 7.05 Å². The number of carbonyl (C=O) groups excluding carboxylic acids is 1.